The Balaban J connectivity index is 1.20. The summed E-state index contributed by atoms with van der Waals surface area (Å²) < 4.78 is 12.6. The van der Waals surface area contributed by atoms with E-state index in [-0.39, 0.29) is 23.5 Å². The van der Waals surface area contributed by atoms with Crippen LogP contribution in [0.3, 0.4) is 0 Å². The van der Waals surface area contributed by atoms with Gasteiger partial charge in [0.15, 0.2) is 0 Å². The van der Waals surface area contributed by atoms with Gasteiger partial charge in [0, 0.05) is 43.6 Å². The Bertz CT molecular complexity index is 1460. The number of hydrogen-bond acceptors (Lipinski definition) is 9. The molecule has 0 aromatic carbocycles. The standard InChI is InChI=1S/C26H33N9O4/c1-16-28-22-30-21(38-5)18(14-35(22)31-16)29-23(36)33-11-7-17-19(6-10-27-20(17)33)32-12-13-34(26(15-32)8-9-26)24(37)39-25(2,3)4/h6,10,14H,7-9,11-13,15H2,1-5H3,(H,29,36). The number of nitrogens with zero attached hydrogens (tertiary/aromatic N) is 8. The number of ether oxygens (including phenoxy) is 2. The normalized spacial score (nSPS) is 17.9. The number of rotatable bonds is 3. The molecule has 2 aliphatic heterocycles. The van der Waals surface area contributed by atoms with E-state index in [4.69, 9.17) is 9.47 Å². The van der Waals surface area contributed by atoms with Gasteiger partial charge < -0.3 is 19.7 Å². The molecule has 6 rings (SSSR count). The lowest BCUT2D eigenvalue weighted by atomic mass is 10.1. The van der Waals surface area contributed by atoms with Crippen LogP contribution in [0.25, 0.3) is 5.78 Å². The first-order chi connectivity index (χ1) is 18.6. The third-order valence-electron chi connectivity index (χ3n) is 7.37. The number of hydrogen-bond donors (Lipinski definition) is 1. The fourth-order valence-electron chi connectivity index (χ4n) is 5.46. The summed E-state index contributed by atoms with van der Waals surface area (Å²) in [4.78, 5) is 45.3. The number of aryl methyl sites for hydroxylation is 1. The smallest absolute Gasteiger partial charge is 0.410 e. The van der Waals surface area contributed by atoms with E-state index in [1.54, 1.807) is 24.2 Å². The summed E-state index contributed by atoms with van der Waals surface area (Å²) in [6.45, 7) is 9.95. The molecule has 1 saturated heterocycles. The van der Waals surface area contributed by atoms with E-state index in [9.17, 15) is 9.59 Å². The van der Waals surface area contributed by atoms with Crippen molar-refractivity contribution in [3.05, 3.63) is 29.8 Å². The molecule has 3 aromatic rings. The van der Waals surface area contributed by atoms with E-state index < -0.39 is 5.60 Å². The summed E-state index contributed by atoms with van der Waals surface area (Å²) in [5, 5.41) is 7.18. The number of aromatic nitrogens is 5. The van der Waals surface area contributed by atoms with Crippen LogP contribution in [-0.2, 0) is 11.2 Å². The topological polar surface area (TPSA) is 130 Å². The monoisotopic (exact) mass is 535 g/mol. The van der Waals surface area contributed by atoms with Crippen LogP contribution in [0.15, 0.2) is 18.5 Å². The van der Waals surface area contributed by atoms with E-state index in [2.05, 4.69) is 30.3 Å². The highest BCUT2D eigenvalue weighted by atomic mass is 16.6. The Morgan fingerprint density at radius 1 is 1.13 bits per heavy atom. The molecule has 1 N–H and O–H groups in total. The first-order valence-corrected chi connectivity index (χ1v) is 13.2. The molecule has 206 valence electrons. The van der Waals surface area contributed by atoms with Crippen molar-refractivity contribution in [2.24, 2.45) is 0 Å². The zero-order chi connectivity index (χ0) is 27.5. The maximum absolute atomic E-state index is 13.4. The van der Waals surface area contributed by atoms with Gasteiger partial charge in [-0.1, -0.05) is 0 Å². The van der Waals surface area contributed by atoms with Gasteiger partial charge >= 0.3 is 12.1 Å². The van der Waals surface area contributed by atoms with Gasteiger partial charge in [0.25, 0.3) is 5.78 Å². The van der Waals surface area contributed by atoms with E-state index in [0.717, 1.165) is 30.6 Å². The number of carbonyl (C=O) groups excluding carboxylic acids is 2. The molecule has 1 saturated carbocycles. The minimum atomic E-state index is -0.527. The molecule has 5 heterocycles. The van der Waals surface area contributed by atoms with E-state index >= 15 is 0 Å². The van der Waals surface area contributed by atoms with Gasteiger partial charge in [0.1, 0.15) is 22.9 Å². The van der Waals surface area contributed by atoms with Crippen molar-refractivity contribution in [1.29, 1.82) is 0 Å². The van der Waals surface area contributed by atoms with Gasteiger partial charge in [-0.15, -0.1) is 0 Å². The molecular weight excluding hydrogens is 502 g/mol. The molecule has 2 fully saturated rings. The molecule has 0 bridgehead atoms. The van der Waals surface area contributed by atoms with Crippen molar-refractivity contribution >= 4 is 35.1 Å². The van der Waals surface area contributed by atoms with Gasteiger partial charge in [-0.3, -0.25) is 9.80 Å². The van der Waals surface area contributed by atoms with E-state index in [0.29, 0.717) is 49.2 Å². The molecule has 0 atom stereocenters. The number of urea groups is 1. The summed E-state index contributed by atoms with van der Waals surface area (Å²) in [5.74, 6) is 1.84. The van der Waals surface area contributed by atoms with Crippen LogP contribution in [0.4, 0.5) is 26.8 Å². The van der Waals surface area contributed by atoms with Crippen LogP contribution in [-0.4, -0.2) is 86.0 Å². The Labute approximate surface area is 226 Å². The maximum Gasteiger partial charge on any atom is 0.410 e. The molecule has 39 heavy (non-hydrogen) atoms. The predicted octanol–water partition coefficient (Wildman–Crippen LogP) is 3.02. The molecule has 0 unspecified atom stereocenters. The van der Waals surface area contributed by atoms with Crippen molar-refractivity contribution in [3.8, 4) is 5.88 Å². The second-order valence-electron chi connectivity index (χ2n) is 11.3. The Kier molecular flexibility index (Phi) is 5.77. The summed E-state index contributed by atoms with van der Waals surface area (Å²) in [6.07, 6.45) is 5.73. The number of pyridine rings is 1. The first kappa shape index (κ1) is 25.1. The molecule has 3 aliphatic rings. The van der Waals surface area contributed by atoms with Gasteiger partial charge in [-0.05, 0) is 53.0 Å². The Hall–Kier alpha value is -4.16. The lowest BCUT2D eigenvalue weighted by Crippen LogP contribution is -2.58. The molecule has 13 nitrogen and oxygen atoms in total. The highest BCUT2D eigenvalue weighted by Crippen LogP contribution is 2.47. The average Bonchev–Trinajstić information content (AvgIpc) is 3.31. The second-order valence-corrected chi connectivity index (χ2v) is 11.3. The summed E-state index contributed by atoms with van der Waals surface area (Å²) in [6, 6.07) is 1.68. The van der Waals surface area contributed by atoms with Crippen molar-refractivity contribution < 1.29 is 19.1 Å². The fraction of sp³-hybridized carbons (Fsp3) is 0.538. The SMILES string of the molecule is COc1nc2nc(C)nn2cc1NC(=O)N1CCc2c(N3CCN(C(=O)OC(C)(C)C)C4(CC4)C3)ccnc21. The number of methoxy groups -OCH3 is 1. The number of fused-ring (bicyclic) bond motifs is 2. The number of amides is 3. The second kappa shape index (κ2) is 8.95. The number of carbonyl (C=O) groups is 2. The summed E-state index contributed by atoms with van der Waals surface area (Å²) in [7, 11) is 1.49. The zero-order valence-corrected chi connectivity index (χ0v) is 22.9. The van der Waals surface area contributed by atoms with Crippen molar-refractivity contribution in [3.63, 3.8) is 0 Å². The molecular formula is C26H33N9O4. The van der Waals surface area contributed by atoms with Crippen LogP contribution < -0.4 is 19.9 Å². The van der Waals surface area contributed by atoms with Gasteiger partial charge in [0.05, 0.1) is 18.8 Å². The average molecular weight is 536 g/mol. The molecule has 1 aliphatic carbocycles. The van der Waals surface area contributed by atoms with Crippen LogP contribution in [0, 0.1) is 6.92 Å². The van der Waals surface area contributed by atoms with Crippen LogP contribution in [0.1, 0.15) is 45.0 Å². The van der Waals surface area contributed by atoms with Crippen LogP contribution in [0.2, 0.25) is 0 Å². The summed E-state index contributed by atoms with van der Waals surface area (Å²) in [5.41, 5.74) is 1.75. The number of nitrogens with one attached hydrogen (secondary N) is 1. The van der Waals surface area contributed by atoms with Gasteiger partial charge in [-0.25, -0.2) is 19.1 Å². The lowest BCUT2D eigenvalue weighted by molar-refractivity contribution is 0.0106. The van der Waals surface area contributed by atoms with Crippen LogP contribution >= 0.6 is 0 Å². The Morgan fingerprint density at radius 3 is 2.64 bits per heavy atom. The van der Waals surface area contributed by atoms with Crippen molar-refractivity contribution in [1.82, 2.24) is 29.5 Å². The zero-order valence-electron chi connectivity index (χ0n) is 22.9. The van der Waals surface area contributed by atoms with E-state index in [1.807, 2.05) is 31.7 Å². The van der Waals surface area contributed by atoms with Crippen molar-refractivity contribution in [2.75, 3.05) is 48.4 Å². The van der Waals surface area contributed by atoms with Gasteiger partial charge in [-0.2, -0.15) is 15.1 Å². The first-order valence-electron chi connectivity index (χ1n) is 13.2. The molecule has 13 heteroatoms. The minimum absolute atomic E-state index is 0.200. The summed E-state index contributed by atoms with van der Waals surface area (Å²) >= 11 is 0. The number of anilines is 3. The molecule has 0 radical (unpaired) electrons. The molecule has 3 aromatic heterocycles. The third-order valence-corrected chi connectivity index (χ3v) is 7.37. The fourth-order valence-corrected chi connectivity index (χ4v) is 5.46. The lowest BCUT2D eigenvalue weighted by Gasteiger charge is -2.43. The van der Waals surface area contributed by atoms with Crippen LogP contribution in [0.5, 0.6) is 5.88 Å². The van der Waals surface area contributed by atoms with Crippen molar-refractivity contribution in [2.45, 2.75) is 58.1 Å². The molecule has 1 spiro atoms. The Morgan fingerprint density at radius 2 is 1.92 bits per heavy atom. The third kappa shape index (κ3) is 4.55. The van der Waals surface area contributed by atoms with Gasteiger partial charge in [0.2, 0.25) is 5.88 Å². The molecule has 3 amide bonds. The highest BCUT2D eigenvalue weighted by Gasteiger charge is 2.54. The minimum Gasteiger partial charge on any atom is -0.479 e. The largest absolute Gasteiger partial charge is 0.479 e. The predicted molar refractivity (Wildman–Crippen MR) is 143 cm³/mol. The maximum atomic E-state index is 13.4. The number of piperazine rings is 1. The quantitative estimate of drug-likeness (QED) is 0.538. The van der Waals surface area contributed by atoms with E-state index in [1.165, 1.54) is 11.6 Å². The highest BCUT2D eigenvalue weighted by molar-refractivity contribution is 6.03.